The van der Waals surface area contributed by atoms with Gasteiger partial charge >= 0.3 is 5.97 Å². The number of rotatable bonds is 5. The Hall–Kier alpha value is -2.48. The van der Waals surface area contributed by atoms with E-state index >= 15 is 0 Å². The highest BCUT2D eigenvalue weighted by Crippen LogP contribution is 2.18. The summed E-state index contributed by atoms with van der Waals surface area (Å²) in [6.45, 7) is 0.996. The van der Waals surface area contributed by atoms with E-state index in [2.05, 4.69) is 26.3 Å². The number of aromatic nitrogens is 2. The van der Waals surface area contributed by atoms with Crippen LogP contribution in [0.2, 0.25) is 0 Å². The molecule has 0 aliphatic heterocycles. The third-order valence-electron chi connectivity index (χ3n) is 3.05. The van der Waals surface area contributed by atoms with Gasteiger partial charge in [-0.25, -0.2) is 4.68 Å². The minimum Gasteiger partial charge on any atom is -0.480 e. The number of amides is 1. The zero-order valence-electron chi connectivity index (χ0n) is 12.2. The first-order chi connectivity index (χ1) is 10.9. The van der Waals surface area contributed by atoms with Crippen molar-refractivity contribution in [2.45, 2.75) is 19.5 Å². The molecule has 1 amide bonds. The zero-order valence-corrected chi connectivity index (χ0v) is 13.8. The van der Waals surface area contributed by atoms with Crippen LogP contribution in [0.5, 0.6) is 0 Å². The molecule has 0 saturated carbocycles. The van der Waals surface area contributed by atoms with Gasteiger partial charge in [0.05, 0.1) is 5.69 Å². The lowest BCUT2D eigenvalue weighted by molar-refractivity contribution is -0.141. The molecule has 1 unspecified atom stereocenters. The monoisotopic (exact) mass is 379 g/mol. The summed E-state index contributed by atoms with van der Waals surface area (Å²) in [5.74, 6) is -1.75. The lowest BCUT2D eigenvalue weighted by atomic mass is 10.1. The second-order valence-corrected chi connectivity index (χ2v) is 5.76. The van der Waals surface area contributed by atoms with Crippen LogP contribution in [0, 0.1) is 0 Å². The van der Waals surface area contributed by atoms with Gasteiger partial charge in [0.25, 0.3) is 5.56 Å². The van der Waals surface area contributed by atoms with Crippen molar-refractivity contribution >= 4 is 27.8 Å². The van der Waals surface area contributed by atoms with Crippen molar-refractivity contribution in [2.24, 2.45) is 0 Å². The number of halogens is 1. The van der Waals surface area contributed by atoms with Crippen LogP contribution in [0.3, 0.4) is 0 Å². The number of carbonyl (C=O) groups excluding carboxylic acids is 1. The van der Waals surface area contributed by atoms with E-state index < -0.39 is 23.5 Å². The van der Waals surface area contributed by atoms with E-state index in [4.69, 9.17) is 5.11 Å². The predicted molar refractivity (Wildman–Crippen MR) is 86.9 cm³/mol. The number of benzene rings is 1. The number of hydrogen-bond acceptors (Lipinski definition) is 4. The molecule has 0 aliphatic carbocycles. The average molecular weight is 380 g/mol. The Kier molecular flexibility index (Phi) is 5.28. The van der Waals surface area contributed by atoms with Gasteiger partial charge in [-0.05, 0) is 25.1 Å². The fourth-order valence-corrected chi connectivity index (χ4v) is 2.09. The third kappa shape index (κ3) is 4.49. The van der Waals surface area contributed by atoms with Crippen molar-refractivity contribution in [1.29, 1.82) is 0 Å². The number of aliphatic carboxylic acids is 1. The summed E-state index contributed by atoms with van der Waals surface area (Å²) in [6.07, 6.45) is 0. The number of nitrogens with zero attached hydrogens (tertiary/aromatic N) is 2. The topological polar surface area (TPSA) is 101 Å². The molecule has 8 heteroatoms. The minimum atomic E-state index is -1.15. The van der Waals surface area contributed by atoms with Gasteiger partial charge in [-0.3, -0.25) is 14.4 Å². The van der Waals surface area contributed by atoms with Crippen LogP contribution in [0.4, 0.5) is 0 Å². The molecule has 7 nitrogen and oxygen atoms in total. The maximum absolute atomic E-state index is 11.8. The first-order valence-corrected chi connectivity index (χ1v) is 7.52. The van der Waals surface area contributed by atoms with E-state index in [-0.39, 0.29) is 6.54 Å². The Labute approximate surface area is 140 Å². The SMILES string of the molecule is CC(NC(=O)Cn1nc(-c2ccc(Br)cc2)ccc1=O)C(=O)O. The molecule has 1 aromatic heterocycles. The second-order valence-electron chi connectivity index (χ2n) is 4.85. The van der Waals surface area contributed by atoms with E-state index in [0.29, 0.717) is 5.69 Å². The largest absolute Gasteiger partial charge is 0.480 e. The first kappa shape index (κ1) is 16.9. The quantitative estimate of drug-likeness (QED) is 0.814. The van der Waals surface area contributed by atoms with Crippen LogP contribution in [0.15, 0.2) is 45.7 Å². The highest BCUT2D eigenvalue weighted by atomic mass is 79.9. The molecule has 23 heavy (non-hydrogen) atoms. The number of hydrogen-bond donors (Lipinski definition) is 2. The Morgan fingerprint density at radius 1 is 1.26 bits per heavy atom. The van der Waals surface area contributed by atoms with Gasteiger partial charge in [-0.1, -0.05) is 28.1 Å². The first-order valence-electron chi connectivity index (χ1n) is 6.73. The summed E-state index contributed by atoms with van der Waals surface area (Å²) in [5.41, 5.74) is 0.890. The molecule has 2 rings (SSSR count). The van der Waals surface area contributed by atoms with E-state index in [1.54, 1.807) is 6.07 Å². The molecule has 1 aromatic carbocycles. The molecule has 2 aromatic rings. The summed E-state index contributed by atoms with van der Waals surface area (Å²) in [6, 6.07) is 9.19. The maximum atomic E-state index is 11.8. The average Bonchev–Trinajstić information content (AvgIpc) is 2.50. The van der Waals surface area contributed by atoms with Crippen molar-refractivity contribution in [3.63, 3.8) is 0 Å². The molecule has 1 atom stereocenters. The molecular weight excluding hydrogens is 366 g/mol. The van der Waals surface area contributed by atoms with Gasteiger partial charge in [-0.15, -0.1) is 0 Å². The van der Waals surface area contributed by atoms with E-state index in [1.165, 1.54) is 13.0 Å². The van der Waals surface area contributed by atoms with E-state index in [1.807, 2.05) is 24.3 Å². The van der Waals surface area contributed by atoms with Gasteiger partial charge in [0.15, 0.2) is 0 Å². The van der Waals surface area contributed by atoms with Gasteiger partial charge in [0.2, 0.25) is 5.91 Å². The molecule has 120 valence electrons. The summed E-state index contributed by atoms with van der Waals surface area (Å²) < 4.78 is 1.91. The Morgan fingerprint density at radius 2 is 1.91 bits per heavy atom. The van der Waals surface area contributed by atoms with Crippen molar-refractivity contribution in [1.82, 2.24) is 15.1 Å². The normalized spacial score (nSPS) is 11.7. The molecule has 0 aliphatic rings. The lowest BCUT2D eigenvalue weighted by Gasteiger charge is -2.10. The molecule has 1 heterocycles. The predicted octanol–water partition coefficient (Wildman–Crippen LogP) is 1.26. The summed E-state index contributed by atoms with van der Waals surface area (Å²) in [4.78, 5) is 34.3. The van der Waals surface area contributed by atoms with Crippen LogP contribution < -0.4 is 10.9 Å². The molecule has 0 fully saturated rings. The van der Waals surface area contributed by atoms with Crippen LogP contribution in [-0.4, -0.2) is 32.8 Å². The lowest BCUT2D eigenvalue weighted by Crippen LogP contribution is -2.41. The Bertz CT molecular complexity index is 786. The van der Waals surface area contributed by atoms with E-state index in [9.17, 15) is 14.4 Å². The van der Waals surface area contributed by atoms with Crippen molar-refractivity contribution in [2.75, 3.05) is 0 Å². The Morgan fingerprint density at radius 3 is 2.52 bits per heavy atom. The van der Waals surface area contributed by atoms with Gasteiger partial charge in [0, 0.05) is 16.1 Å². The number of nitrogens with one attached hydrogen (secondary N) is 1. The smallest absolute Gasteiger partial charge is 0.325 e. The van der Waals surface area contributed by atoms with Crippen LogP contribution in [0.25, 0.3) is 11.3 Å². The molecule has 0 bridgehead atoms. The van der Waals surface area contributed by atoms with Gasteiger partial charge in [0.1, 0.15) is 12.6 Å². The standard InChI is InChI=1S/C15H14BrN3O4/c1-9(15(22)23)17-13(20)8-19-14(21)7-6-12(18-19)10-2-4-11(16)5-3-10/h2-7,9H,8H2,1H3,(H,17,20)(H,22,23). The number of carbonyl (C=O) groups is 2. The Balaban J connectivity index is 2.21. The number of carboxylic acids is 1. The number of carboxylic acid groups (broad SMARTS) is 1. The molecule has 0 saturated heterocycles. The fraction of sp³-hybridized carbons (Fsp3) is 0.200. The highest BCUT2D eigenvalue weighted by Gasteiger charge is 2.15. The molecular formula is C15H14BrN3O4. The third-order valence-corrected chi connectivity index (χ3v) is 3.58. The van der Waals surface area contributed by atoms with Crippen molar-refractivity contribution < 1.29 is 14.7 Å². The highest BCUT2D eigenvalue weighted by molar-refractivity contribution is 9.10. The van der Waals surface area contributed by atoms with Crippen LogP contribution in [-0.2, 0) is 16.1 Å². The summed E-state index contributed by atoms with van der Waals surface area (Å²) in [7, 11) is 0. The molecule has 2 N–H and O–H groups in total. The zero-order chi connectivity index (χ0) is 17.0. The molecule has 0 radical (unpaired) electrons. The van der Waals surface area contributed by atoms with Crippen LogP contribution in [0.1, 0.15) is 6.92 Å². The van der Waals surface area contributed by atoms with Crippen LogP contribution >= 0.6 is 15.9 Å². The minimum absolute atomic E-state index is 0.346. The fourth-order valence-electron chi connectivity index (χ4n) is 1.82. The maximum Gasteiger partial charge on any atom is 0.325 e. The van der Waals surface area contributed by atoms with Crippen molar-refractivity contribution in [3.8, 4) is 11.3 Å². The van der Waals surface area contributed by atoms with Gasteiger partial charge in [-0.2, -0.15) is 5.10 Å². The summed E-state index contributed by atoms with van der Waals surface area (Å²) in [5, 5.41) is 15.2. The molecule has 0 spiro atoms. The van der Waals surface area contributed by atoms with E-state index in [0.717, 1.165) is 14.7 Å². The second kappa shape index (κ2) is 7.19. The van der Waals surface area contributed by atoms with Crippen molar-refractivity contribution in [3.05, 3.63) is 51.2 Å². The summed E-state index contributed by atoms with van der Waals surface area (Å²) >= 11 is 3.33. The van der Waals surface area contributed by atoms with Gasteiger partial charge < -0.3 is 10.4 Å².